The fourth-order valence-corrected chi connectivity index (χ4v) is 3.33. The predicted molar refractivity (Wildman–Crippen MR) is 101 cm³/mol. The lowest BCUT2D eigenvalue weighted by molar-refractivity contribution is 0.0987. The molecule has 0 spiro atoms. The Morgan fingerprint density at radius 3 is 2.32 bits per heavy atom. The molecule has 5 heteroatoms. The molecule has 1 N–H and O–H groups in total. The Balaban J connectivity index is 1.67. The zero-order chi connectivity index (χ0) is 17.5. The van der Waals surface area contributed by atoms with Crippen molar-refractivity contribution in [3.63, 3.8) is 0 Å². The van der Waals surface area contributed by atoms with E-state index >= 15 is 0 Å². The molecule has 25 heavy (non-hydrogen) atoms. The summed E-state index contributed by atoms with van der Waals surface area (Å²) in [6, 6.07) is 10.1. The molecule has 1 aromatic heterocycles. The molecule has 1 fully saturated rings. The molecule has 0 atom stereocenters. The molecule has 132 valence electrons. The van der Waals surface area contributed by atoms with Crippen molar-refractivity contribution in [1.82, 2.24) is 9.97 Å². The van der Waals surface area contributed by atoms with Gasteiger partial charge in [0.25, 0.3) is 5.91 Å². The highest BCUT2D eigenvalue weighted by atomic mass is 16.2. The van der Waals surface area contributed by atoms with E-state index in [0.29, 0.717) is 24.1 Å². The molecule has 1 saturated carbocycles. The van der Waals surface area contributed by atoms with E-state index in [2.05, 4.69) is 15.3 Å². The van der Waals surface area contributed by atoms with Crippen molar-refractivity contribution in [2.75, 3.05) is 16.8 Å². The normalized spacial score (nSPS) is 15.4. The van der Waals surface area contributed by atoms with Crippen molar-refractivity contribution in [2.24, 2.45) is 0 Å². The van der Waals surface area contributed by atoms with Crippen molar-refractivity contribution in [3.8, 4) is 0 Å². The Bertz CT molecular complexity index is 664. The molecule has 0 radical (unpaired) electrons. The minimum absolute atomic E-state index is 0.0743. The molecule has 0 aliphatic heterocycles. The van der Waals surface area contributed by atoms with Crippen LogP contribution in [0.15, 0.2) is 42.7 Å². The van der Waals surface area contributed by atoms with Gasteiger partial charge in [0.05, 0.1) is 5.56 Å². The molecule has 1 amide bonds. The van der Waals surface area contributed by atoms with Gasteiger partial charge in [0.2, 0.25) is 5.95 Å². The standard InChI is InChI=1S/C20H26N4O/c1-2-24(18-12-8-5-9-13-18)19(25)16-14-21-20(22-15-16)23-17-10-6-3-4-7-11-17/h5,8-9,12-15,17H,2-4,6-7,10-11H2,1H3,(H,21,22,23). The van der Waals surface area contributed by atoms with Gasteiger partial charge in [-0.1, -0.05) is 43.9 Å². The Morgan fingerprint density at radius 1 is 1.08 bits per heavy atom. The summed E-state index contributed by atoms with van der Waals surface area (Å²) >= 11 is 0. The largest absolute Gasteiger partial charge is 0.351 e. The maximum absolute atomic E-state index is 12.7. The number of nitrogens with one attached hydrogen (secondary N) is 1. The summed E-state index contributed by atoms with van der Waals surface area (Å²) in [5.74, 6) is 0.543. The van der Waals surface area contributed by atoms with Gasteiger partial charge in [-0.3, -0.25) is 4.79 Å². The molecule has 0 saturated heterocycles. The third-order valence-electron chi connectivity index (χ3n) is 4.72. The monoisotopic (exact) mass is 338 g/mol. The highest BCUT2D eigenvalue weighted by Gasteiger charge is 2.18. The number of benzene rings is 1. The second kappa shape index (κ2) is 8.60. The Morgan fingerprint density at radius 2 is 1.72 bits per heavy atom. The Kier molecular flexibility index (Phi) is 5.99. The van der Waals surface area contributed by atoms with Crippen LogP contribution >= 0.6 is 0 Å². The summed E-state index contributed by atoms with van der Waals surface area (Å²) in [5.41, 5.74) is 1.40. The van der Waals surface area contributed by atoms with Crippen molar-refractivity contribution in [2.45, 2.75) is 51.5 Å². The minimum Gasteiger partial charge on any atom is -0.351 e. The van der Waals surface area contributed by atoms with Crippen LogP contribution < -0.4 is 10.2 Å². The van der Waals surface area contributed by atoms with E-state index in [1.165, 1.54) is 38.5 Å². The maximum Gasteiger partial charge on any atom is 0.261 e. The zero-order valence-corrected chi connectivity index (χ0v) is 14.8. The van der Waals surface area contributed by atoms with Crippen LogP contribution in [0.25, 0.3) is 0 Å². The number of rotatable bonds is 5. The summed E-state index contributed by atoms with van der Waals surface area (Å²) in [6.45, 7) is 2.57. The number of nitrogens with zero attached hydrogens (tertiary/aromatic N) is 3. The molecule has 1 aliphatic carbocycles. The summed E-state index contributed by atoms with van der Waals surface area (Å²) < 4.78 is 0. The number of aromatic nitrogens is 2. The number of amides is 1. The summed E-state index contributed by atoms with van der Waals surface area (Å²) in [6.07, 6.45) is 10.7. The van der Waals surface area contributed by atoms with Crippen LogP contribution in [-0.2, 0) is 0 Å². The van der Waals surface area contributed by atoms with Gasteiger partial charge in [0.15, 0.2) is 0 Å². The van der Waals surface area contributed by atoms with Gasteiger partial charge in [-0.2, -0.15) is 0 Å². The van der Waals surface area contributed by atoms with E-state index < -0.39 is 0 Å². The van der Waals surface area contributed by atoms with Crippen LogP contribution in [0.3, 0.4) is 0 Å². The number of hydrogen-bond acceptors (Lipinski definition) is 4. The van der Waals surface area contributed by atoms with E-state index in [1.807, 2.05) is 37.3 Å². The van der Waals surface area contributed by atoms with Gasteiger partial charge in [0.1, 0.15) is 0 Å². The Labute approximate surface area is 149 Å². The topological polar surface area (TPSA) is 58.1 Å². The SMILES string of the molecule is CCN(C(=O)c1cnc(NC2CCCCCC2)nc1)c1ccccc1. The van der Waals surface area contributed by atoms with Gasteiger partial charge < -0.3 is 10.2 Å². The van der Waals surface area contributed by atoms with Crippen molar-refractivity contribution in [1.29, 1.82) is 0 Å². The first-order valence-corrected chi connectivity index (χ1v) is 9.23. The first-order valence-electron chi connectivity index (χ1n) is 9.23. The lowest BCUT2D eigenvalue weighted by atomic mass is 10.1. The van der Waals surface area contributed by atoms with Crippen LogP contribution in [0.2, 0.25) is 0 Å². The molecule has 1 aliphatic rings. The van der Waals surface area contributed by atoms with E-state index in [9.17, 15) is 4.79 Å². The first kappa shape index (κ1) is 17.4. The molecular formula is C20H26N4O. The number of anilines is 2. The van der Waals surface area contributed by atoms with E-state index in [0.717, 1.165) is 5.69 Å². The lowest BCUT2D eigenvalue weighted by Gasteiger charge is -2.21. The average molecular weight is 338 g/mol. The first-order chi connectivity index (χ1) is 12.3. The fourth-order valence-electron chi connectivity index (χ4n) is 3.33. The number of carbonyl (C=O) groups excluding carboxylic acids is 1. The third kappa shape index (κ3) is 4.56. The van der Waals surface area contributed by atoms with Gasteiger partial charge in [-0.15, -0.1) is 0 Å². The average Bonchev–Trinajstić information content (AvgIpc) is 2.92. The van der Waals surface area contributed by atoms with Gasteiger partial charge in [0, 0.05) is 30.7 Å². The molecule has 0 bridgehead atoms. The highest BCUT2D eigenvalue weighted by Crippen LogP contribution is 2.20. The maximum atomic E-state index is 12.7. The molecule has 0 unspecified atom stereocenters. The van der Waals surface area contributed by atoms with Gasteiger partial charge >= 0.3 is 0 Å². The van der Waals surface area contributed by atoms with E-state index in [-0.39, 0.29) is 5.91 Å². The number of hydrogen-bond donors (Lipinski definition) is 1. The van der Waals surface area contributed by atoms with Crippen LogP contribution in [0.5, 0.6) is 0 Å². The molecule has 2 aromatic rings. The number of carbonyl (C=O) groups is 1. The zero-order valence-electron chi connectivity index (χ0n) is 14.8. The van der Waals surface area contributed by atoms with Gasteiger partial charge in [-0.05, 0) is 31.9 Å². The summed E-state index contributed by atoms with van der Waals surface area (Å²) in [5, 5.41) is 3.41. The van der Waals surface area contributed by atoms with Crippen molar-refractivity contribution >= 4 is 17.5 Å². The highest BCUT2D eigenvalue weighted by molar-refractivity contribution is 6.05. The van der Waals surface area contributed by atoms with E-state index in [1.54, 1.807) is 17.3 Å². The summed E-state index contributed by atoms with van der Waals surface area (Å²) in [7, 11) is 0. The van der Waals surface area contributed by atoms with Crippen LogP contribution in [-0.4, -0.2) is 28.5 Å². The Hall–Kier alpha value is -2.43. The van der Waals surface area contributed by atoms with Crippen LogP contribution in [0.4, 0.5) is 11.6 Å². The van der Waals surface area contributed by atoms with Gasteiger partial charge in [-0.25, -0.2) is 9.97 Å². The molecule has 1 heterocycles. The smallest absolute Gasteiger partial charge is 0.261 e. The molecule has 1 aromatic carbocycles. The van der Waals surface area contributed by atoms with Crippen LogP contribution in [0.1, 0.15) is 55.8 Å². The van der Waals surface area contributed by atoms with Crippen LogP contribution in [0, 0.1) is 0 Å². The lowest BCUT2D eigenvalue weighted by Crippen LogP contribution is -2.31. The predicted octanol–water partition coefficient (Wildman–Crippen LogP) is 4.28. The number of para-hydroxylation sites is 1. The van der Waals surface area contributed by atoms with Crippen molar-refractivity contribution < 1.29 is 4.79 Å². The second-order valence-corrected chi connectivity index (χ2v) is 6.51. The van der Waals surface area contributed by atoms with E-state index in [4.69, 9.17) is 0 Å². The third-order valence-corrected chi connectivity index (χ3v) is 4.72. The molecule has 5 nitrogen and oxygen atoms in total. The minimum atomic E-state index is -0.0743. The molecular weight excluding hydrogens is 312 g/mol. The summed E-state index contributed by atoms with van der Waals surface area (Å²) in [4.78, 5) is 23.2. The fraction of sp³-hybridized carbons (Fsp3) is 0.450. The quantitative estimate of drug-likeness (QED) is 0.827. The molecule has 3 rings (SSSR count). The van der Waals surface area contributed by atoms with Crippen molar-refractivity contribution in [3.05, 3.63) is 48.3 Å². The second-order valence-electron chi connectivity index (χ2n) is 6.51.